The number of nitrogens with zero attached hydrogens (tertiary/aromatic N) is 1. The van der Waals surface area contributed by atoms with Crippen molar-refractivity contribution < 1.29 is 4.79 Å². The van der Waals surface area contributed by atoms with Gasteiger partial charge in [0.05, 0.1) is 6.54 Å². The zero-order chi connectivity index (χ0) is 12.5. The normalized spacial score (nSPS) is 21.2. The molecule has 17 heavy (non-hydrogen) atoms. The summed E-state index contributed by atoms with van der Waals surface area (Å²) in [6.45, 7) is 5.68. The zero-order valence-corrected chi connectivity index (χ0v) is 11.3. The highest BCUT2D eigenvalue weighted by molar-refractivity contribution is 5.77. The molecule has 1 aliphatic heterocycles. The molecule has 0 saturated carbocycles. The van der Waals surface area contributed by atoms with E-state index in [-0.39, 0.29) is 5.91 Å². The van der Waals surface area contributed by atoms with Crippen LogP contribution in [0.25, 0.3) is 0 Å². The lowest BCUT2D eigenvalue weighted by Crippen LogP contribution is -2.41. The minimum atomic E-state index is 0.165. The number of hydrogen-bond acceptors (Lipinski definition) is 3. The van der Waals surface area contributed by atoms with Crippen molar-refractivity contribution in [2.75, 3.05) is 33.2 Å². The van der Waals surface area contributed by atoms with Crippen LogP contribution in [0, 0.1) is 0 Å². The molecule has 0 bridgehead atoms. The minimum absolute atomic E-state index is 0.165. The molecule has 1 aliphatic rings. The number of nitrogens with one attached hydrogen (secondary N) is 2. The maximum atomic E-state index is 11.7. The van der Waals surface area contributed by atoms with E-state index in [1.807, 2.05) is 0 Å². The third-order valence-corrected chi connectivity index (χ3v) is 3.41. The largest absolute Gasteiger partial charge is 0.355 e. The smallest absolute Gasteiger partial charge is 0.234 e. The Morgan fingerprint density at radius 3 is 3.00 bits per heavy atom. The predicted octanol–water partition coefficient (Wildman–Crippen LogP) is 0.977. The van der Waals surface area contributed by atoms with Gasteiger partial charge >= 0.3 is 0 Å². The fourth-order valence-electron chi connectivity index (χ4n) is 2.26. The van der Waals surface area contributed by atoms with Gasteiger partial charge in [-0.25, -0.2) is 0 Å². The Hall–Kier alpha value is -0.610. The molecular weight excluding hydrogens is 214 g/mol. The van der Waals surface area contributed by atoms with E-state index in [0.717, 1.165) is 38.9 Å². The monoisotopic (exact) mass is 241 g/mol. The van der Waals surface area contributed by atoms with E-state index < -0.39 is 0 Å². The summed E-state index contributed by atoms with van der Waals surface area (Å²) in [5.41, 5.74) is 0. The Balaban J connectivity index is 2.21. The summed E-state index contributed by atoms with van der Waals surface area (Å²) in [5, 5.41) is 6.37. The van der Waals surface area contributed by atoms with Crippen LogP contribution in [0.5, 0.6) is 0 Å². The fourth-order valence-corrected chi connectivity index (χ4v) is 2.26. The lowest BCUT2D eigenvalue weighted by molar-refractivity contribution is -0.122. The first-order valence-electron chi connectivity index (χ1n) is 6.91. The molecule has 1 rings (SSSR count). The quantitative estimate of drug-likeness (QED) is 0.681. The van der Waals surface area contributed by atoms with E-state index in [1.165, 1.54) is 12.8 Å². The molecule has 0 radical (unpaired) electrons. The topological polar surface area (TPSA) is 44.4 Å². The molecule has 1 unspecified atom stereocenters. The number of unbranched alkanes of at least 4 members (excludes halogenated alkanes) is 1. The van der Waals surface area contributed by atoms with E-state index in [4.69, 9.17) is 0 Å². The van der Waals surface area contributed by atoms with Gasteiger partial charge in [0.25, 0.3) is 0 Å². The predicted molar refractivity (Wildman–Crippen MR) is 71.1 cm³/mol. The first-order chi connectivity index (χ1) is 8.24. The number of likely N-dealkylation sites (N-methyl/N-ethyl adjacent to an activating group) is 1. The molecule has 2 N–H and O–H groups in total. The van der Waals surface area contributed by atoms with Crippen LogP contribution in [-0.4, -0.2) is 50.1 Å². The molecule has 100 valence electrons. The second-order valence-corrected chi connectivity index (χ2v) is 4.95. The van der Waals surface area contributed by atoms with Crippen molar-refractivity contribution in [1.82, 2.24) is 15.5 Å². The van der Waals surface area contributed by atoms with Crippen LogP contribution in [-0.2, 0) is 4.79 Å². The van der Waals surface area contributed by atoms with Crippen LogP contribution in [0.2, 0.25) is 0 Å². The molecule has 0 aliphatic carbocycles. The van der Waals surface area contributed by atoms with Crippen LogP contribution in [0.4, 0.5) is 0 Å². The standard InChI is InChI=1S/C13H27N3O/c1-3-4-9-15-13(17)11-16(2)12-6-5-8-14-10-7-12/h12,14H,3-11H2,1-2H3,(H,15,17). The molecule has 1 saturated heterocycles. The maximum absolute atomic E-state index is 11.7. The van der Waals surface area contributed by atoms with E-state index in [1.54, 1.807) is 0 Å². The van der Waals surface area contributed by atoms with E-state index >= 15 is 0 Å². The molecule has 1 fully saturated rings. The average Bonchev–Trinajstić information content (AvgIpc) is 2.57. The molecule has 0 aromatic carbocycles. The molecule has 1 atom stereocenters. The Morgan fingerprint density at radius 2 is 2.24 bits per heavy atom. The molecule has 1 amide bonds. The SMILES string of the molecule is CCCCNC(=O)CN(C)C1CCCNCC1. The van der Waals surface area contributed by atoms with Crippen molar-refractivity contribution in [3.63, 3.8) is 0 Å². The summed E-state index contributed by atoms with van der Waals surface area (Å²) in [5.74, 6) is 0.165. The van der Waals surface area contributed by atoms with Crippen LogP contribution in [0.1, 0.15) is 39.0 Å². The second kappa shape index (κ2) is 8.48. The van der Waals surface area contributed by atoms with Crippen molar-refractivity contribution in [3.8, 4) is 0 Å². The number of hydrogen-bond donors (Lipinski definition) is 2. The highest BCUT2D eigenvalue weighted by atomic mass is 16.2. The van der Waals surface area contributed by atoms with Crippen molar-refractivity contribution >= 4 is 5.91 Å². The summed E-state index contributed by atoms with van der Waals surface area (Å²) < 4.78 is 0. The third kappa shape index (κ3) is 6.03. The van der Waals surface area contributed by atoms with Gasteiger partial charge in [-0.2, -0.15) is 0 Å². The first kappa shape index (κ1) is 14.5. The van der Waals surface area contributed by atoms with Crippen LogP contribution < -0.4 is 10.6 Å². The van der Waals surface area contributed by atoms with Crippen molar-refractivity contribution in [2.24, 2.45) is 0 Å². The van der Waals surface area contributed by atoms with Crippen LogP contribution >= 0.6 is 0 Å². The van der Waals surface area contributed by atoms with Gasteiger partial charge in [-0.3, -0.25) is 9.69 Å². The van der Waals surface area contributed by atoms with Gasteiger partial charge in [0, 0.05) is 12.6 Å². The molecule has 4 nitrogen and oxygen atoms in total. The Bertz CT molecular complexity index is 213. The average molecular weight is 241 g/mol. The number of rotatable bonds is 6. The molecule has 0 spiro atoms. The maximum Gasteiger partial charge on any atom is 0.234 e. The van der Waals surface area contributed by atoms with Crippen LogP contribution in [0.15, 0.2) is 0 Å². The first-order valence-corrected chi connectivity index (χ1v) is 6.91. The molecular formula is C13H27N3O. The number of carbonyl (C=O) groups is 1. The van der Waals surface area contributed by atoms with E-state index in [0.29, 0.717) is 12.6 Å². The van der Waals surface area contributed by atoms with Gasteiger partial charge in [0.15, 0.2) is 0 Å². The van der Waals surface area contributed by atoms with Gasteiger partial charge in [-0.1, -0.05) is 13.3 Å². The van der Waals surface area contributed by atoms with Gasteiger partial charge < -0.3 is 10.6 Å². The Labute approximate surface area is 105 Å². The summed E-state index contributed by atoms with van der Waals surface area (Å²) in [6.07, 6.45) is 5.77. The summed E-state index contributed by atoms with van der Waals surface area (Å²) in [4.78, 5) is 13.9. The fraction of sp³-hybridized carbons (Fsp3) is 0.923. The summed E-state index contributed by atoms with van der Waals surface area (Å²) >= 11 is 0. The zero-order valence-electron chi connectivity index (χ0n) is 11.3. The minimum Gasteiger partial charge on any atom is -0.355 e. The van der Waals surface area contributed by atoms with Gasteiger partial charge in [-0.05, 0) is 45.8 Å². The van der Waals surface area contributed by atoms with Gasteiger partial charge in [0.2, 0.25) is 5.91 Å². The molecule has 4 heteroatoms. The highest BCUT2D eigenvalue weighted by Gasteiger charge is 2.18. The van der Waals surface area contributed by atoms with Crippen LogP contribution in [0.3, 0.4) is 0 Å². The van der Waals surface area contributed by atoms with E-state index in [9.17, 15) is 4.79 Å². The second-order valence-electron chi connectivity index (χ2n) is 4.95. The van der Waals surface area contributed by atoms with E-state index in [2.05, 4.69) is 29.5 Å². The lowest BCUT2D eigenvalue weighted by atomic mass is 10.1. The van der Waals surface area contributed by atoms with Gasteiger partial charge in [-0.15, -0.1) is 0 Å². The number of amides is 1. The van der Waals surface area contributed by atoms with Crippen molar-refractivity contribution in [2.45, 2.75) is 45.1 Å². The van der Waals surface area contributed by atoms with Gasteiger partial charge in [0.1, 0.15) is 0 Å². The highest BCUT2D eigenvalue weighted by Crippen LogP contribution is 2.11. The Morgan fingerprint density at radius 1 is 1.41 bits per heavy atom. The Kier molecular flexibility index (Phi) is 7.21. The van der Waals surface area contributed by atoms with Crippen molar-refractivity contribution in [1.29, 1.82) is 0 Å². The third-order valence-electron chi connectivity index (χ3n) is 3.41. The molecule has 0 aromatic rings. The lowest BCUT2D eigenvalue weighted by Gasteiger charge is -2.26. The number of carbonyl (C=O) groups excluding carboxylic acids is 1. The molecule has 0 aromatic heterocycles. The summed E-state index contributed by atoms with van der Waals surface area (Å²) in [7, 11) is 2.06. The van der Waals surface area contributed by atoms with Crippen molar-refractivity contribution in [3.05, 3.63) is 0 Å². The molecule has 1 heterocycles. The summed E-state index contributed by atoms with van der Waals surface area (Å²) in [6, 6.07) is 0.557.